The first kappa shape index (κ1) is 21.6. The number of aromatic nitrogens is 4. The van der Waals surface area contributed by atoms with E-state index in [9.17, 15) is 14.4 Å². The van der Waals surface area contributed by atoms with Crippen molar-refractivity contribution >= 4 is 34.4 Å². The Balaban J connectivity index is 1.91. The Morgan fingerprint density at radius 2 is 1.83 bits per heavy atom. The van der Waals surface area contributed by atoms with E-state index in [4.69, 9.17) is 4.74 Å². The number of carbonyl (C=O) groups is 1. The van der Waals surface area contributed by atoms with Gasteiger partial charge in [-0.05, 0) is 30.7 Å². The van der Waals surface area contributed by atoms with E-state index >= 15 is 0 Å². The number of nitrogens with one attached hydrogen (secondary N) is 1. The van der Waals surface area contributed by atoms with Gasteiger partial charge in [0.15, 0.2) is 5.65 Å². The van der Waals surface area contributed by atoms with Crippen LogP contribution in [-0.2, 0) is 25.3 Å². The van der Waals surface area contributed by atoms with Gasteiger partial charge in [-0.1, -0.05) is 18.7 Å². The molecule has 0 unspecified atom stereocenters. The third-order valence-electron chi connectivity index (χ3n) is 4.50. The average Bonchev–Trinajstić information content (AvgIpc) is 2.75. The first-order chi connectivity index (χ1) is 14.3. The van der Waals surface area contributed by atoms with Gasteiger partial charge in [-0.3, -0.25) is 18.7 Å². The van der Waals surface area contributed by atoms with Crippen LogP contribution < -0.4 is 21.3 Å². The highest BCUT2D eigenvalue weighted by Gasteiger charge is 2.18. The third-order valence-corrected chi connectivity index (χ3v) is 5.48. The van der Waals surface area contributed by atoms with Crippen LogP contribution in [-0.4, -0.2) is 37.9 Å². The van der Waals surface area contributed by atoms with Crippen molar-refractivity contribution in [2.45, 2.75) is 24.8 Å². The van der Waals surface area contributed by atoms with Crippen molar-refractivity contribution in [1.29, 1.82) is 0 Å². The Kier molecular flexibility index (Phi) is 6.56. The Labute approximate surface area is 177 Å². The molecule has 0 fully saturated rings. The number of hydrogen-bond donors (Lipinski definition) is 1. The molecule has 0 spiro atoms. The molecular weight excluding hydrogens is 406 g/mol. The van der Waals surface area contributed by atoms with Crippen molar-refractivity contribution in [2.75, 3.05) is 18.2 Å². The molecule has 1 aromatic carbocycles. The monoisotopic (exact) mass is 429 g/mol. The van der Waals surface area contributed by atoms with Crippen molar-refractivity contribution < 1.29 is 9.53 Å². The molecule has 0 aliphatic heterocycles. The maximum atomic E-state index is 12.7. The Morgan fingerprint density at radius 1 is 1.13 bits per heavy atom. The molecule has 0 saturated carbocycles. The van der Waals surface area contributed by atoms with Crippen LogP contribution in [0.25, 0.3) is 11.0 Å². The average molecular weight is 430 g/mol. The highest BCUT2D eigenvalue weighted by molar-refractivity contribution is 8.00. The molecular formula is C20H23N5O4S. The molecule has 2 aromatic heterocycles. The van der Waals surface area contributed by atoms with E-state index in [2.05, 4.69) is 15.3 Å². The summed E-state index contributed by atoms with van der Waals surface area (Å²) in [5, 5.41) is 3.43. The Bertz CT molecular complexity index is 1200. The number of carbonyl (C=O) groups excluding carboxylic acids is 1. The van der Waals surface area contributed by atoms with E-state index in [0.29, 0.717) is 28.7 Å². The number of anilines is 1. The molecule has 3 aromatic rings. The lowest BCUT2D eigenvalue weighted by Crippen LogP contribution is -2.38. The minimum absolute atomic E-state index is 0.0513. The van der Waals surface area contributed by atoms with Crippen LogP contribution in [0.1, 0.15) is 19.2 Å². The van der Waals surface area contributed by atoms with E-state index in [1.165, 1.54) is 11.6 Å². The summed E-state index contributed by atoms with van der Waals surface area (Å²) in [6.07, 6.45) is 1.41. The number of aryl methyl sites for hydroxylation is 2. The van der Waals surface area contributed by atoms with E-state index in [1.807, 2.05) is 6.92 Å². The molecule has 0 aliphatic rings. The lowest BCUT2D eigenvalue weighted by Gasteiger charge is -2.12. The number of fused-ring (bicyclic) bond motifs is 1. The zero-order chi connectivity index (χ0) is 21.8. The maximum absolute atomic E-state index is 12.7. The molecule has 2 heterocycles. The molecule has 0 radical (unpaired) electrons. The van der Waals surface area contributed by atoms with Crippen LogP contribution in [0, 0.1) is 0 Å². The van der Waals surface area contributed by atoms with Gasteiger partial charge in [-0.15, -0.1) is 0 Å². The number of benzene rings is 1. The number of thioether (sulfide) groups is 1. The first-order valence-corrected chi connectivity index (χ1v) is 10.4. The Hall–Kier alpha value is -3.14. The van der Waals surface area contributed by atoms with Gasteiger partial charge < -0.3 is 10.1 Å². The van der Waals surface area contributed by atoms with E-state index in [-0.39, 0.29) is 22.7 Å². The fourth-order valence-corrected chi connectivity index (χ4v) is 3.75. The zero-order valence-electron chi connectivity index (χ0n) is 17.3. The minimum atomic E-state index is -0.478. The van der Waals surface area contributed by atoms with Crippen molar-refractivity contribution in [3.8, 4) is 5.75 Å². The molecule has 0 saturated heterocycles. The summed E-state index contributed by atoms with van der Waals surface area (Å²) < 4.78 is 7.46. The molecule has 158 valence electrons. The smallest absolute Gasteiger partial charge is 0.332 e. The summed E-state index contributed by atoms with van der Waals surface area (Å²) in [6, 6.07) is 6.99. The number of hydrogen-bond acceptors (Lipinski definition) is 7. The summed E-state index contributed by atoms with van der Waals surface area (Å²) in [6.45, 7) is 1.99. The molecule has 1 N–H and O–H groups in total. The fourth-order valence-electron chi connectivity index (χ4n) is 2.92. The van der Waals surface area contributed by atoms with Crippen LogP contribution >= 0.6 is 11.8 Å². The SMILES string of the molecule is CCCc1nc(SCC(=O)Nc2ccc(OC)cc2)c2c(=O)n(C)c(=O)n(C)c2n1. The largest absolute Gasteiger partial charge is 0.497 e. The molecule has 9 nitrogen and oxygen atoms in total. The predicted molar refractivity (Wildman–Crippen MR) is 116 cm³/mol. The van der Waals surface area contributed by atoms with Crippen LogP contribution in [0.3, 0.4) is 0 Å². The molecule has 0 bridgehead atoms. The Morgan fingerprint density at radius 3 is 2.47 bits per heavy atom. The van der Waals surface area contributed by atoms with Crippen molar-refractivity contribution in [2.24, 2.45) is 14.1 Å². The molecule has 3 rings (SSSR count). The van der Waals surface area contributed by atoms with Crippen molar-refractivity contribution in [1.82, 2.24) is 19.1 Å². The summed E-state index contributed by atoms with van der Waals surface area (Å²) in [7, 11) is 4.55. The second-order valence-electron chi connectivity index (χ2n) is 6.66. The van der Waals surface area contributed by atoms with Gasteiger partial charge in [0.05, 0.1) is 12.9 Å². The van der Waals surface area contributed by atoms with Gasteiger partial charge in [-0.25, -0.2) is 14.8 Å². The third kappa shape index (κ3) is 4.38. The lowest BCUT2D eigenvalue weighted by atomic mass is 10.3. The van der Waals surface area contributed by atoms with Gasteiger partial charge in [0.25, 0.3) is 5.56 Å². The summed E-state index contributed by atoms with van der Waals surface area (Å²) >= 11 is 1.15. The highest BCUT2D eigenvalue weighted by Crippen LogP contribution is 2.23. The van der Waals surface area contributed by atoms with Crippen molar-refractivity contribution in [3.63, 3.8) is 0 Å². The van der Waals surface area contributed by atoms with Gasteiger partial charge >= 0.3 is 5.69 Å². The number of rotatable bonds is 7. The summed E-state index contributed by atoms with van der Waals surface area (Å²) in [5.74, 6) is 1.04. The molecule has 0 atom stereocenters. The first-order valence-electron chi connectivity index (χ1n) is 9.39. The van der Waals surface area contributed by atoms with Crippen molar-refractivity contribution in [3.05, 3.63) is 50.9 Å². The maximum Gasteiger partial charge on any atom is 0.332 e. The quantitative estimate of drug-likeness (QED) is 0.450. The normalized spacial score (nSPS) is 10.9. The fraction of sp³-hybridized carbons (Fsp3) is 0.350. The number of ether oxygens (including phenoxy) is 1. The number of amides is 1. The van der Waals surface area contributed by atoms with Crippen LogP contribution in [0.2, 0.25) is 0 Å². The van der Waals surface area contributed by atoms with Gasteiger partial charge in [0, 0.05) is 26.2 Å². The second kappa shape index (κ2) is 9.12. The second-order valence-corrected chi connectivity index (χ2v) is 7.63. The van der Waals surface area contributed by atoms with Crippen LogP contribution in [0.4, 0.5) is 5.69 Å². The van der Waals surface area contributed by atoms with E-state index < -0.39 is 11.2 Å². The molecule has 1 amide bonds. The van der Waals surface area contributed by atoms with Crippen LogP contribution in [0.15, 0.2) is 38.9 Å². The molecule has 10 heteroatoms. The van der Waals surface area contributed by atoms with Gasteiger partial charge in [0.1, 0.15) is 22.0 Å². The molecule has 30 heavy (non-hydrogen) atoms. The highest BCUT2D eigenvalue weighted by atomic mass is 32.2. The minimum Gasteiger partial charge on any atom is -0.497 e. The topological polar surface area (TPSA) is 108 Å². The van der Waals surface area contributed by atoms with E-state index in [1.54, 1.807) is 38.4 Å². The standard InChI is InChI=1S/C20H23N5O4S/c1-5-6-14-22-17-16(19(27)25(3)20(28)24(17)2)18(23-14)30-11-15(26)21-12-7-9-13(29-4)10-8-12/h7-10H,5-6,11H2,1-4H3,(H,21,26). The summed E-state index contributed by atoms with van der Waals surface area (Å²) in [5.41, 5.74) is -0.0189. The number of methoxy groups -OCH3 is 1. The van der Waals surface area contributed by atoms with E-state index in [0.717, 1.165) is 22.7 Å². The molecule has 0 aliphatic carbocycles. The lowest BCUT2D eigenvalue weighted by molar-refractivity contribution is -0.113. The van der Waals surface area contributed by atoms with Crippen LogP contribution in [0.5, 0.6) is 5.75 Å². The zero-order valence-corrected chi connectivity index (χ0v) is 18.1. The van der Waals surface area contributed by atoms with Gasteiger partial charge in [0.2, 0.25) is 5.91 Å². The predicted octanol–water partition coefficient (Wildman–Crippen LogP) is 1.72. The van der Waals surface area contributed by atoms with Gasteiger partial charge in [-0.2, -0.15) is 0 Å². The number of nitrogens with zero attached hydrogens (tertiary/aromatic N) is 4. The summed E-state index contributed by atoms with van der Waals surface area (Å²) in [4.78, 5) is 46.3.